The number of carbonyl (C=O) groups excluding carboxylic acids is 1. The van der Waals surface area contributed by atoms with E-state index in [1.165, 1.54) is 0 Å². The highest BCUT2D eigenvalue weighted by molar-refractivity contribution is 5.71. The second kappa shape index (κ2) is 9.22. The zero-order valence-electron chi connectivity index (χ0n) is 11.0. The number of carbonyl (C=O) groups is 1. The number of anilines is 1. The molecule has 0 fully saturated rings. The topological polar surface area (TPSA) is 81.8 Å². The third-order valence-electron chi connectivity index (χ3n) is 2.58. The molecular formula is C14H21NO4. The summed E-state index contributed by atoms with van der Waals surface area (Å²) in [7, 11) is 0. The molecule has 106 valence electrons. The Morgan fingerprint density at radius 2 is 1.89 bits per heavy atom. The minimum atomic E-state index is -0.398. The minimum absolute atomic E-state index is 0.134. The van der Waals surface area contributed by atoms with Crippen molar-refractivity contribution >= 4 is 11.7 Å². The number of esters is 1. The van der Waals surface area contributed by atoms with Crippen LogP contribution < -0.4 is 10.5 Å². The van der Waals surface area contributed by atoms with E-state index < -0.39 is 5.97 Å². The molecule has 1 rings (SSSR count). The Morgan fingerprint density at radius 1 is 1.16 bits per heavy atom. The number of rotatable bonds is 9. The van der Waals surface area contributed by atoms with Gasteiger partial charge in [0.2, 0.25) is 0 Å². The van der Waals surface area contributed by atoms with Gasteiger partial charge in [-0.3, -0.25) is 0 Å². The molecule has 3 N–H and O–H groups in total. The summed E-state index contributed by atoms with van der Waals surface area (Å²) in [5, 5.41) is 8.60. The fourth-order valence-corrected chi connectivity index (χ4v) is 1.54. The number of hydrogen-bond acceptors (Lipinski definition) is 5. The van der Waals surface area contributed by atoms with Gasteiger partial charge in [0, 0.05) is 6.61 Å². The lowest BCUT2D eigenvalue weighted by atomic mass is 10.2. The normalized spacial score (nSPS) is 10.2. The third-order valence-corrected chi connectivity index (χ3v) is 2.58. The number of unbranched alkanes of at least 4 members (excludes halogenated alkanes) is 3. The largest absolute Gasteiger partial charge is 0.480 e. The van der Waals surface area contributed by atoms with Gasteiger partial charge >= 0.3 is 5.97 Å². The van der Waals surface area contributed by atoms with Crippen LogP contribution in [0.3, 0.4) is 0 Å². The molecule has 0 spiro atoms. The number of para-hydroxylation sites is 2. The van der Waals surface area contributed by atoms with E-state index in [0.717, 1.165) is 25.7 Å². The van der Waals surface area contributed by atoms with E-state index in [-0.39, 0.29) is 13.2 Å². The first-order chi connectivity index (χ1) is 9.24. The molecule has 0 heterocycles. The van der Waals surface area contributed by atoms with Crippen molar-refractivity contribution in [3.63, 3.8) is 0 Å². The molecule has 0 amide bonds. The molecule has 0 bridgehead atoms. The zero-order chi connectivity index (χ0) is 13.9. The van der Waals surface area contributed by atoms with Crippen LogP contribution in [0.1, 0.15) is 25.7 Å². The van der Waals surface area contributed by atoms with Gasteiger partial charge < -0.3 is 20.3 Å². The summed E-state index contributed by atoms with van der Waals surface area (Å²) in [6.07, 6.45) is 3.50. The van der Waals surface area contributed by atoms with Crippen molar-refractivity contribution in [1.82, 2.24) is 0 Å². The maximum atomic E-state index is 11.4. The van der Waals surface area contributed by atoms with Crippen molar-refractivity contribution in [2.75, 3.05) is 25.6 Å². The maximum absolute atomic E-state index is 11.4. The molecule has 1 aromatic rings. The van der Waals surface area contributed by atoms with Gasteiger partial charge in [-0.05, 0) is 31.4 Å². The molecule has 0 aliphatic carbocycles. The van der Waals surface area contributed by atoms with Gasteiger partial charge in [-0.1, -0.05) is 18.6 Å². The fraction of sp³-hybridized carbons (Fsp3) is 0.500. The average molecular weight is 267 g/mol. The van der Waals surface area contributed by atoms with Crippen LogP contribution in [0, 0.1) is 0 Å². The molecule has 0 aliphatic heterocycles. The monoisotopic (exact) mass is 267 g/mol. The Bertz CT molecular complexity index is 381. The van der Waals surface area contributed by atoms with Crippen molar-refractivity contribution in [1.29, 1.82) is 0 Å². The van der Waals surface area contributed by atoms with Crippen LogP contribution >= 0.6 is 0 Å². The first-order valence-corrected chi connectivity index (χ1v) is 6.48. The van der Waals surface area contributed by atoms with E-state index in [1.54, 1.807) is 24.3 Å². The van der Waals surface area contributed by atoms with E-state index in [4.69, 9.17) is 20.3 Å². The minimum Gasteiger partial charge on any atom is -0.480 e. The standard InChI is InChI=1S/C14H21NO4/c15-12-7-3-4-8-13(12)19-11-14(17)18-10-6-2-1-5-9-16/h3-4,7-8,16H,1-2,5-6,9-11,15H2. The van der Waals surface area contributed by atoms with Gasteiger partial charge in [-0.25, -0.2) is 4.79 Å². The Balaban J connectivity index is 2.10. The first-order valence-electron chi connectivity index (χ1n) is 6.48. The second-order valence-corrected chi connectivity index (χ2v) is 4.18. The van der Waals surface area contributed by atoms with E-state index in [2.05, 4.69) is 0 Å². The molecule has 0 aromatic heterocycles. The molecule has 5 nitrogen and oxygen atoms in total. The van der Waals surface area contributed by atoms with Crippen LogP contribution in [0.4, 0.5) is 5.69 Å². The molecule has 5 heteroatoms. The number of nitrogen functional groups attached to an aromatic ring is 1. The van der Waals surface area contributed by atoms with Crippen LogP contribution in [0.25, 0.3) is 0 Å². The first kappa shape index (κ1) is 15.3. The number of benzene rings is 1. The molecule has 0 unspecified atom stereocenters. The van der Waals surface area contributed by atoms with Crippen molar-refractivity contribution < 1.29 is 19.4 Å². The number of hydrogen-bond donors (Lipinski definition) is 2. The zero-order valence-corrected chi connectivity index (χ0v) is 11.0. The summed E-state index contributed by atoms with van der Waals surface area (Å²) in [4.78, 5) is 11.4. The SMILES string of the molecule is Nc1ccccc1OCC(=O)OCCCCCCO. The lowest BCUT2D eigenvalue weighted by Gasteiger charge is -2.08. The number of aliphatic hydroxyl groups excluding tert-OH is 1. The molecule has 0 aliphatic rings. The van der Waals surface area contributed by atoms with Crippen molar-refractivity contribution in [2.45, 2.75) is 25.7 Å². The van der Waals surface area contributed by atoms with Crippen LogP contribution in [0.15, 0.2) is 24.3 Å². The van der Waals surface area contributed by atoms with Gasteiger partial charge in [0.05, 0.1) is 12.3 Å². The summed E-state index contributed by atoms with van der Waals surface area (Å²) in [6, 6.07) is 7.00. The van der Waals surface area contributed by atoms with Crippen LogP contribution in [-0.4, -0.2) is 30.9 Å². The van der Waals surface area contributed by atoms with E-state index in [9.17, 15) is 4.79 Å². The fourth-order valence-electron chi connectivity index (χ4n) is 1.54. The van der Waals surface area contributed by atoms with E-state index >= 15 is 0 Å². The summed E-state index contributed by atoms with van der Waals surface area (Å²) in [5.41, 5.74) is 6.18. The Kier molecular flexibility index (Phi) is 7.43. The quantitative estimate of drug-likeness (QED) is 0.404. The lowest BCUT2D eigenvalue weighted by Crippen LogP contribution is -2.16. The summed E-state index contributed by atoms with van der Waals surface area (Å²) < 4.78 is 10.3. The highest BCUT2D eigenvalue weighted by Crippen LogP contribution is 2.19. The maximum Gasteiger partial charge on any atom is 0.344 e. The number of nitrogens with two attached hydrogens (primary N) is 1. The smallest absolute Gasteiger partial charge is 0.344 e. The van der Waals surface area contributed by atoms with E-state index in [0.29, 0.717) is 18.0 Å². The molecule has 0 radical (unpaired) electrons. The van der Waals surface area contributed by atoms with Gasteiger partial charge in [0.15, 0.2) is 6.61 Å². The summed E-state index contributed by atoms with van der Waals surface area (Å²) in [5.74, 6) is 0.0906. The molecule has 0 saturated heterocycles. The van der Waals surface area contributed by atoms with Crippen LogP contribution in [-0.2, 0) is 9.53 Å². The predicted octanol–water partition coefficient (Wildman–Crippen LogP) is 1.74. The van der Waals surface area contributed by atoms with Crippen LogP contribution in [0.5, 0.6) is 5.75 Å². The average Bonchev–Trinajstić information content (AvgIpc) is 2.42. The molecular weight excluding hydrogens is 246 g/mol. The second-order valence-electron chi connectivity index (χ2n) is 4.18. The van der Waals surface area contributed by atoms with Gasteiger partial charge in [-0.15, -0.1) is 0 Å². The Labute approximate surface area is 113 Å². The molecule has 0 saturated carbocycles. The molecule has 0 atom stereocenters. The molecule has 19 heavy (non-hydrogen) atoms. The van der Waals surface area contributed by atoms with Crippen molar-refractivity contribution in [3.05, 3.63) is 24.3 Å². The highest BCUT2D eigenvalue weighted by atomic mass is 16.6. The highest BCUT2D eigenvalue weighted by Gasteiger charge is 2.05. The van der Waals surface area contributed by atoms with Gasteiger partial charge in [-0.2, -0.15) is 0 Å². The summed E-state index contributed by atoms with van der Waals surface area (Å²) >= 11 is 0. The number of aliphatic hydroxyl groups is 1. The van der Waals surface area contributed by atoms with Gasteiger partial charge in [0.25, 0.3) is 0 Å². The Hall–Kier alpha value is -1.75. The van der Waals surface area contributed by atoms with Crippen LogP contribution in [0.2, 0.25) is 0 Å². The van der Waals surface area contributed by atoms with Crippen molar-refractivity contribution in [2.24, 2.45) is 0 Å². The third kappa shape index (κ3) is 6.67. The van der Waals surface area contributed by atoms with E-state index in [1.807, 2.05) is 0 Å². The lowest BCUT2D eigenvalue weighted by molar-refractivity contribution is -0.146. The van der Waals surface area contributed by atoms with Gasteiger partial charge in [0.1, 0.15) is 5.75 Å². The predicted molar refractivity (Wildman–Crippen MR) is 72.9 cm³/mol. The number of ether oxygens (including phenoxy) is 2. The summed E-state index contributed by atoms with van der Waals surface area (Å²) in [6.45, 7) is 0.467. The Morgan fingerprint density at radius 3 is 2.63 bits per heavy atom. The molecule has 1 aromatic carbocycles. The van der Waals surface area contributed by atoms with Crippen molar-refractivity contribution in [3.8, 4) is 5.75 Å².